The lowest BCUT2D eigenvalue weighted by atomic mass is 10.2. The Morgan fingerprint density at radius 2 is 1.86 bits per heavy atom. The average Bonchev–Trinajstić information content (AvgIpc) is 3.38. The van der Waals surface area contributed by atoms with E-state index in [2.05, 4.69) is 9.71 Å². The van der Waals surface area contributed by atoms with E-state index in [1.165, 1.54) is 37.1 Å². The van der Waals surface area contributed by atoms with Crippen LogP contribution < -0.4 is 4.72 Å². The molecule has 0 amide bonds. The van der Waals surface area contributed by atoms with Crippen LogP contribution in [0.25, 0.3) is 11.4 Å². The minimum atomic E-state index is -3.57. The van der Waals surface area contributed by atoms with E-state index in [9.17, 15) is 12.8 Å². The first kappa shape index (κ1) is 19.7. The number of rotatable bonds is 7. The first-order valence-electron chi connectivity index (χ1n) is 9.72. The normalized spacial score (nSPS) is 15.1. The fourth-order valence-electron chi connectivity index (χ4n) is 3.70. The summed E-state index contributed by atoms with van der Waals surface area (Å²) in [6.07, 6.45) is 6.22. The van der Waals surface area contributed by atoms with Crippen molar-refractivity contribution < 1.29 is 12.8 Å². The van der Waals surface area contributed by atoms with Crippen LogP contribution in [0.2, 0.25) is 0 Å². The number of nitrogens with one attached hydrogen (secondary N) is 1. The van der Waals surface area contributed by atoms with Crippen molar-refractivity contribution in [3.63, 3.8) is 0 Å². The topological polar surface area (TPSA) is 76.9 Å². The molecule has 1 N–H and O–H groups in total. The molecule has 152 valence electrons. The maximum atomic E-state index is 13.0. The Balaban J connectivity index is 1.52. The monoisotopic (exact) mass is 414 g/mol. The standard InChI is InChI=1S/C21H23FN4O2S/c22-17-10-8-16(9-11-17)15-29(27,28)24-14-18-13-21(20-7-3-4-12-23-20)26(25-18)19-5-1-2-6-19/h3-4,7-13,19,24H,1-2,5-6,14-15H2. The molecular formula is C21H23FN4O2S. The van der Waals surface area contributed by atoms with Crippen LogP contribution in [0, 0.1) is 5.82 Å². The number of aromatic nitrogens is 3. The first-order chi connectivity index (χ1) is 14.0. The molecule has 4 rings (SSSR count). The molecule has 1 fully saturated rings. The smallest absolute Gasteiger partial charge is 0.216 e. The summed E-state index contributed by atoms with van der Waals surface area (Å²) in [5.41, 5.74) is 2.92. The second-order valence-corrected chi connectivity index (χ2v) is 9.13. The van der Waals surface area contributed by atoms with Crippen LogP contribution in [0.15, 0.2) is 54.7 Å². The number of halogens is 1. The van der Waals surface area contributed by atoms with Gasteiger partial charge in [-0.3, -0.25) is 9.67 Å². The van der Waals surface area contributed by atoms with Crippen LogP contribution in [0.5, 0.6) is 0 Å². The molecule has 0 radical (unpaired) electrons. The van der Waals surface area contributed by atoms with E-state index >= 15 is 0 Å². The highest BCUT2D eigenvalue weighted by molar-refractivity contribution is 7.88. The Morgan fingerprint density at radius 3 is 2.55 bits per heavy atom. The summed E-state index contributed by atoms with van der Waals surface area (Å²) < 4.78 is 42.5. The van der Waals surface area contributed by atoms with Gasteiger partial charge in [-0.05, 0) is 48.7 Å². The van der Waals surface area contributed by atoms with Gasteiger partial charge in [0.2, 0.25) is 10.0 Å². The van der Waals surface area contributed by atoms with Crippen molar-refractivity contribution in [3.8, 4) is 11.4 Å². The molecule has 2 aromatic heterocycles. The molecule has 2 heterocycles. The zero-order valence-electron chi connectivity index (χ0n) is 16.0. The molecule has 0 atom stereocenters. The summed E-state index contributed by atoms with van der Waals surface area (Å²) in [5, 5.41) is 4.69. The van der Waals surface area contributed by atoms with Gasteiger partial charge >= 0.3 is 0 Å². The second-order valence-electron chi connectivity index (χ2n) is 7.33. The first-order valence-corrected chi connectivity index (χ1v) is 11.4. The van der Waals surface area contributed by atoms with Crippen LogP contribution in [-0.4, -0.2) is 23.2 Å². The fourth-order valence-corrected chi connectivity index (χ4v) is 4.80. The molecule has 29 heavy (non-hydrogen) atoms. The van der Waals surface area contributed by atoms with E-state index in [1.54, 1.807) is 6.20 Å². The molecule has 1 aliphatic rings. The van der Waals surface area contributed by atoms with Gasteiger partial charge in [0.05, 0.1) is 35.4 Å². The summed E-state index contributed by atoms with van der Waals surface area (Å²) in [5.74, 6) is -0.595. The molecule has 0 saturated heterocycles. The van der Waals surface area contributed by atoms with E-state index in [4.69, 9.17) is 5.10 Å². The van der Waals surface area contributed by atoms with Crippen LogP contribution in [0.4, 0.5) is 4.39 Å². The third-order valence-corrected chi connectivity index (χ3v) is 6.42. The number of benzene rings is 1. The fraction of sp³-hybridized carbons (Fsp3) is 0.333. The third-order valence-electron chi connectivity index (χ3n) is 5.13. The van der Waals surface area contributed by atoms with Gasteiger partial charge in [-0.25, -0.2) is 17.5 Å². The van der Waals surface area contributed by atoms with Gasteiger partial charge in [-0.1, -0.05) is 31.0 Å². The minimum Gasteiger partial charge on any atom is -0.260 e. The van der Waals surface area contributed by atoms with E-state index < -0.39 is 15.8 Å². The maximum absolute atomic E-state index is 13.0. The second kappa shape index (κ2) is 8.42. The van der Waals surface area contributed by atoms with Crippen LogP contribution >= 0.6 is 0 Å². The molecule has 1 aromatic carbocycles. The molecule has 8 heteroatoms. The highest BCUT2D eigenvalue weighted by atomic mass is 32.2. The van der Waals surface area contributed by atoms with E-state index in [0.29, 0.717) is 17.3 Å². The van der Waals surface area contributed by atoms with E-state index in [0.717, 1.165) is 24.2 Å². The van der Waals surface area contributed by atoms with Crippen LogP contribution in [0.3, 0.4) is 0 Å². The van der Waals surface area contributed by atoms with Crippen LogP contribution in [-0.2, 0) is 22.3 Å². The lowest BCUT2D eigenvalue weighted by Gasteiger charge is -2.13. The highest BCUT2D eigenvalue weighted by Gasteiger charge is 2.23. The van der Waals surface area contributed by atoms with Crippen molar-refractivity contribution in [1.82, 2.24) is 19.5 Å². The Hall–Kier alpha value is -2.58. The Morgan fingerprint density at radius 1 is 1.10 bits per heavy atom. The SMILES string of the molecule is O=S(=O)(Cc1ccc(F)cc1)NCc1cc(-c2ccccn2)n(C2CCCC2)n1. The van der Waals surface area contributed by atoms with Gasteiger partial charge < -0.3 is 0 Å². The molecule has 0 aliphatic heterocycles. The predicted octanol–water partition coefficient (Wildman–Crippen LogP) is 3.82. The summed E-state index contributed by atoms with van der Waals surface area (Å²) in [6, 6.07) is 13.4. The summed E-state index contributed by atoms with van der Waals surface area (Å²) in [6.45, 7) is 0.100. The summed E-state index contributed by atoms with van der Waals surface area (Å²) in [7, 11) is -3.57. The van der Waals surface area contributed by atoms with Crippen molar-refractivity contribution in [3.05, 3.63) is 71.8 Å². The molecule has 3 aromatic rings. The summed E-state index contributed by atoms with van der Waals surface area (Å²) in [4.78, 5) is 4.44. The number of sulfonamides is 1. The Labute approximate surface area is 169 Å². The maximum Gasteiger partial charge on any atom is 0.216 e. The van der Waals surface area contributed by atoms with Crippen molar-refractivity contribution >= 4 is 10.0 Å². The van der Waals surface area contributed by atoms with Crippen molar-refractivity contribution in [1.29, 1.82) is 0 Å². The predicted molar refractivity (Wildman–Crippen MR) is 109 cm³/mol. The number of nitrogens with zero attached hydrogens (tertiary/aromatic N) is 3. The van der Waals surface area contributed by atoms with Crippen molar-refractivity contribution in [2.24, 2.45) is 0 Å². The molecule has 0 bridgehead atoms. The molecule has 0 spiro atoms. The van der Waals surface area contributed by atoms with Gasteiger partial charge in [0, 0.05) is 6.20 Å². The molecule has 1 saturated carbocycles. The quantitative estimate of drug-likeness (QED) is 0.638. The lowest BCUT2D eigenvalue weighted by Crippen LogP contribution is -2.25. The van der Waals surface area contributed by atoms with E-state index in [-0.39, 0.29) is 12.3 Å². The highest BCUT2D eigenvalue weighted by Crippen LogP contribution is 2.33. The largest absolute Gasteiger partial charge is 0.260 e. The lowest BCUT2D eigenvalue weighted by molar-refractivity contribution is 0.466. The van der Waals surface area contributed by atoms with Crippen LogP contribution in [0.1, 0.15) is 43.0 Å². The third kappa shape index (κ3) is 4.89. The molecular weight excluding hydrogens is 391 g/mol. The van der Waals surface area contributed by atoms with Crippen molar-refractivity contribution in [2.75, 3.05) is 0 Å². The minimum absolute atomic E-state index is 0.100. The Kier molecular flexibility index (Phi) is 5.73. The number of pyridine rings is 1. The number of hydrogen-bond acceptors (Lipinski definition) is 4. The zero-order valence-corrected chi connectivity index (χ0v) is 16.8. The van der Waals surface area contributed by atoms with Gasteiger partial charge in [-0.2, -0.15) is 5.10 Å². The molecule has 6 nitrogen and oxygen atoms in total. The average molecular weight is 415 g/mol. The van der Waals surface area contributed by atoms with Gasteiger partial charge in [0.1, 0.15) is 5.82 Å². The van der Waals surface area contributed by atoms with Crippen molar-refractivity contribution in [2.45, 2.75) is 44.0 Å². The Bertz CT molecular complexity index is 1060. The van der Waals surface area contributed by atoms with Gasteiger partial charge in [0.15, 0.2) is 0 Å². The molecule has 1 aliphatic carbocycles. The summed E-state index contributed by atoms with van der Waals surface area (Å²) >= 11 is 0. The van der Waals surface area contributed by atoms with Gasteiger partial charge in [0.25, 0.3) is 0 Å². The number of hydrogen-bond donors (Lipinski definition) is 1. The van der Waals surface area contributed by atoms with Gasteiger partial charge in [-0.15, -0.1) is 0 Å². The molecule has 0 unspecified atom stereocenters. The zero-order chi connectivity index (χ0) is 20.3. The van der Waals surface area contributed by atoms with E-state index in [1.807, 2.05) is 28.9 Å².